The van der Waals surface area contributed by atoms with E-state index in [1.807, 2.05) is 0 Å². The molecule has 0 heterocycles. The molecule has 66 valence electrons. The Kier molecular flexibility index (Phi) is 1.98. The van der Waals surface area contributed by atoms with Crippen molar-refractivity contribution in [3.8, 4) is 0 Å². The summed E-state index contributed by atoms with van der Waals surface area (Å²) in [6, 6.07) is 0. The van der Waals surface area contributed by atoms with E-state index in [1.165, 1.54) is 6.26 Å². The van der Waals surface area contributed by atoms with E-state index in [9.17, 15) is 8.42 Å². The molecule has 5 heteroatoms. The van der Waals surface area contributed by atoms with Crippen molar-refractivity contribution in [3.05, 3.63) is 0 Å². The monoisotopic (exact) mass is 178 g/mol. The van der Waals surface area contributed by atoms with Gasteiger partial charge in [-0.15, -0.1) is 0 Å². The predicted octanol–water partition coefficient (Wildman–Crippen LogP) is -1.29. The van der Waals surface area contributed by atoms with E-state index < -0.39 is 9.84 Å². The highest BCUT2D eigenvalue weighted by Crippen LogP contribution is 2.40. The highest BCUT2D eigenvalue weighted by atomic mass is 32.2. The van der Waals surface area contributed by atoms with Crippen molar-refractivity contribution in [3.63, 3.8) is 0 Å². The third-order valence-corrected chi connectivity index (χ3v) is 3.17. The lowest BCUT2D eigenvalue weighted by atomic mass is 10.2. The molecule has 0 aromatic heterocycles. The second kappa shape index (κ2) is 2.43. The summed E-state index contributed by atoms with van der Waals surface area (Å²) in [6.07, 6.45) is 1.97. The topological polar surface area (TPSA) is 86.2 Å². The Morgan fingerprint density at radius 1 is 1.64 bits per heavy atom. The quantitative estimate of drug-likeness (QED) is 0.563. The fourth-order valence-electron chi connectivity index (χ4n) is 1.24. The maximum absolute atomic E-state index is 10.8. The molecule has 1 fully saturated rings. The normalized spacial score (nSPS) is 37.2. The van der Waals surface area contributed by atoms with Crippen molar-refractivity contribution in [2.24, 2.45) is 17.4 Å². The van der Waals surface area contributed by atoms with Gasteiger partial charge in [0.05, 0.1) is 5.75 Å². The molecule has 1 aliphatic carbocycles. The molecule has 2 unspecified atom stereocenters. The van der Waals surface area contributed by atoms with E-state index in [4.69, 9.17) is 11.5 Å². The lowest BCUT2D eigenvalue weighted by Crippen LogP contribution is -2.35. The Morgan fingerprint density at radius 2 is 2.18 bits per heavy atom. The van der Waals surface area contributed by atoms with Gasteiger partial charge < -0.3 is 11.5 Å². The molecule has 1 rings (SSSR count). The maximum Gasteiger partial charge on any atom is 0.147 e. The zero-order valence-electron chi connectivity index (χ0n) is 6.58. The largest absolute Gasteiger partial charge is 0.329 e. The van der Waals surface area contributed by atoms with E-state index in [1.54, 1.807) is 0 Å². The molecule has 0 radical (unpaired) electrons. The average Bonchev–Trinajstić information content (AvgIpc) is 2.40. The first-order valence-corrected chi connectivity index (χ1v) is 5.60. The molecule has 0 saturated heterocycles. The van der Waals surface area contributed by atoms with Crippen LogP contribution in [0.3, 0.4) is 0 Å². The first-order chi connectivity index (χ1) is 4.87. The van der Waals surface area contributed by atoms with Gasteiger partial charge in [-0.25, -0.2) is 8.42 Å². The summed E-state index contributed by atoms with van der Waals surface area (Å²) in [5.74, 6) is 0.267. The second-order valence-corrected chi connectivity index (χ2v) is 5.62. The van der Waals surface area contributed by atoms with E-state index in [-0.39, 0.29) is 17.2 Å². The van der Waals surface area contributed by atoms with Gasteiger partial charge in [0, 0.05) is 18.3 Å². The van der Waals surface area contributed by atoms with Crippen LogP contribution in [-0.2, 0) is 9.84 Å². The highest BCUT2D eigenvalue weighted by molar-refractivity contribution is 7.90. The fraction of sp³-hybridized carbons (Fsp3) is 1.00. The van der Waals surface area contributed by atoms with Crippen molar-refractivity contribution in [1.82, 2.24) is 0 Å². The van der Waals surface area contributed by atoms with Crippen molar-refractivity contribution >= 4 is 9.84 Å². The average molecular weight is 178 g/mol. The summed E-state index contributed by atoms with van der Waals surface area (Å²) in [7, 11) is -2.88. The van der Waals surface area contributed by atoms with E-state index in [0.717, 1.165) is 6.42 Å². The van der Waals surface area contributed by atoms with Gasteiger partial charge in [0.15, 0.2) is 0 Å². The van der Waals surface area contributed by atoms with E-state index in [2.05, 4.69) is 0 Å². The Labute approximate surface area is 66.9 Å². The zero-order valence-corrected chi connectivity index (χ0v) is 7.39. The first kappa shape index (κ1) is 8.96. The molecule has 4 N–H and O–H groups in total. The van der Waals surface area contributed by atoms with Crippen LogP contribution in [0.25, 0.3) is 0 Å². The fourth-order valence-corrected chi connectivity index (χ4v) is 2.42. The van der Waals surface area contributed by atoms with Gasteiger partial charge >= 0.3 is 0 Å². The SMILES string of the molecule is CS(=O)(=O)CC1CC1(N)CN. The lowest BCUT2D eigenvalue weighted by molar-refractivity contribution is 0.584. The van der Waals surface area contributed by atoms with Gasteiger partial charge in [0.25, 0.3) is 0 Å². The van der Waals surface area contributed by atoms with Crippen LogP contribution in [0.4, 0.5) is 0 Å². The summed E-state index contributed by atoms with van der Waals surface area (Å²) in [5.41, 5.74) is 10.7. The van der Waals surface area contributed by atoms with Crippen LogP contribution in [-0.4, -0.2) is 32.5 Å². The molecule has 1 saturated carbocycles. The minimum absolute atomic E-state index is 0.0856. The molecule has 0 bridgehead atoms. The van der Waals surface area contributed by atoms with Crippen molar-refractivity contribution in [2.75, 3.05) is 18.6 Å². The Morgan fingerprint density at radius 3 is 2.45 bits per heavy atom. The summed E-state index contributed by atoms with van der Waals surface area (Å²) in [6.45, 7) is 0.382. The van der Waals surface area contributed by atoms with Gasteiger partial charge in [-0.3, -0.25) is 0 Å². The Hall–Kier alpha value is -0.130. The standard InChI is InChI=1S/C6H14N2O2S/c1-11(9,10)3-5-2-6(5,8)4-7/h5H,2-4,7-8H2,1H3. The van der Waals surface area contributed by atoms with Gasteiger partial charge in [0.2, 0.25) is 0 Å². The summed E-state index contributed by atoms with van der Waals surface area (Å²) in [5, 5.41) is 0. The minimum atomic E-state index is -2.88. The zero-order chi connectivity index (χ0) is 8.70. The summed E-state index contributed by atoms with van der Waals surface area (Å²) in [4.78, 5) is 0. The van der Waals surface area contributed by atoms with Gasteiger partial charge in [0.1, 0.15) is 9.84 Å². The van der Waals surface area contributed by atoms with Gasteiger partial charge in [-0.1, -0.05) is 0 Å². The number of hydrogen-bond donors (Lipinski definition) is 2. The number of hydrogen-bond acceptors (Lipinski definition) is 4. The van der Waals surface area contributed by atoms with Crippen LogP contribution in [0.1, 0.15) is 6.42 Å². The Balaban J connectivity index is 2.47. The van der Waals surface area contributed by atoms with Crippen molar-refractivity contribution < 1.29 is 8.42 Å². The molecule has 0 aromatic carbocycles. The number of nitrogens with two attached hydrogens (primary N) is 2. The van der Waals surface area contributed by atoms with Gasteiger partial charge in [-0.05, 0) is 12.3 Å². The first-order valence-electron chi connectivity index (χ1n) is 3.54. The van der Waals surface area contributed by atoms with Crippen molar-refractivity contribution in [2.45, 2.75) is 12.0 Å². The summed E-state index contributed by atoms with van der Waals surface area (Å²) >= 11 is 0. The Bertz CT molecular complexity index is 249. The second-order valence-electron chi connectivity index (χ2n) is 3.43. The predicted molar refractivity (Wildman–Crippen MR) is 43.8 cm³/mol. The van der Waals surface area contributed by atoms with Crippen molar-refractivity contribution in [1.29, 1.82) is 0 Å². The molecule has 4 nitrogen and oxygen atoms in total. The van der Waals surface area contributed by atoms with Crippen LogP contribution in [0.2, 0.25) is 0 Å². The smallest absolute Gasteiger partial charge is 0.147 e. The van der Waals surface area contributed by atoms with Gasteiger partial charge in [-0.2, -0.15) is 0 Å². The minimum Gasteiger partial charge on any atom is -0.329 e. The van der Waals surface area contributed by atoms with Crippen LogP contribution in [0.15, 0.2) is 0 Å². The molecule has 0 amide bonds. The molecular weight excluding hydrogens is 164 g/mol. The van der Waals surface area contributed by atoms with Crippen LogP contribution in [0.5, 0.6) is 0 Å². The van der Waals surface area contributed by atoms with Crippen LogP contribution in [0, 0.1) is 5.92 Å². The summed E-state index contributed by atoms with van der Waals surface area (Å²) < 4.78 is 21.6. The van der Waals surface area contributed by atoms with Crippen LogP contribution < -0.4 is 11.5 Å². The highest BCUT2D eigenvalue weighted by Gasteiger charge is 2.50. The molecular formula is C6H14N2O2S. The molecule has 1 aliphatic rings. The van der Waals surface area contributed by atoms with E-state index >= 15 is 0 Å². The molecule has 0 aliphatic heterocycles. The third-order valence-electron chi connectivity index (χ3n) is 2.16. The maximum atomic E-state index is 10.8. The number of sulfone groups is 1. The number of rotatable bonds is 3. The lowest BCUT2D eigenvalue weighted by Gasteiger charge is -2.05. The molecule has 0 spiro atoms. The molecule has 11 heavy (non-hydrogen) atoms. The van der Waals surface area contributed by atoms with Crippen LogP contribution >= 0.6 is 0 Å². The van der Waals surface area contributed by atoms with E-state index in [0.29, 0.717) is 6.54 Å². The molecule has 2 atom stereocenters. The molecule has 0 aromatic rings. The third kappa shape index (κ3) is 2.15.